The molecule has 0 spiro atoms. The van der Waals surface area contributed by atoms with Gasteiger partial charge in [0, 0.05) is 28.7 Å². The summed E-state index contributed by atoms with van der Waals surface area (Å²) in [6.45, 7) is -0.0356. The van der Waals surface area contributed by atoms with Gasteiger partial charge in [-0.25, -0.2) is 14.2 Å². The molecule has 2 N–H and O–H groups in total. The number of carbonyl (C=O) groups excluding carboxylic acids is 1. The summed E-state index contributed by atoms with van der Waals surface area (Å²) < 4.78 is 21.4. The molecule has 0 aromatic heterocycles. The summed E-state index contributed by atoms with van der Waals surface area (Å²) in [5.74, 6) is -1.06. The molecule has 1 aliphatic heterocycles. The molecule has 0 radical (unpaired) electrons. The van der Waals surface area contributed by atoms with Crippen LogP contribution < -0.4 is 5.32 Å². The van der Waals surface area contributed by atoms with E-state index in [1.54, 1.807) is 18.3 Å². The zero-order chi connectivity index (χ0) is 25.5. The number of ether oxygens (including phenoxy) is 1. The number of hydrogen-bond donors (Lipinski definition) is 2. The lowest BCUT2D eigenvalue weighted by Gasteiger charge is -2.36. The summed E-state index contributed by atoms with van der Waals surface area (Å²) in [5.41, 5.74) is 0.745. The third-order valence-corrected chi connectivity index (χ3v) is 6.83. The van der Waals surface area contributed by atoms with Crippen molar-refractivity contribution in [3.8, 4) is 0 Å². The first-order valence-corrected chi connectivity index (χ1v) is 12.5. The molecule has 36 heavy (non-hydrogen) atoms. The normalized spacial score (nSPS) is 19.4. The van der Waals surface area contributed by atoms with Crippen LogP contribution in [0.5, 0.6) is 0 Å². The Balaban J connectivity index is 1.61. The minimum atomic E-state index is -1.22. The second kappa shape index (κ2) is 11.7. The summed E-state index contributed by atoms with van der Waals surface area (Å²) in [7, 11) is 0. The first-order valence-electron chi connectivity index (χ1n) is 11.3. The molecule has 9 heteroatoms. The maximum atomic E-state index is 15.2. The number of amides is 1. The Morgan fingerprint density at radius 1 is 1.19 bits per heavy atom. The number of aliphatic imine (C=N–C) groups is 1. The van der Waals surface area contributed by atoms with Crippen molar-refractivity contribution in [1.82, 2.24) is 10.2 Å². The highest BCUT2D eigenvalue weighted by molar-refractivity contribution is 9.10. The molecule has 2 atom stereocenters. The number of halogens is 2. The summed E-state index contributed by atoms with van der Waals surface area (Å²) in [4.78, 5) is 18.8. The quantitative estimate of drug-likeness (QED) is 0.321. The zero-order valence-electron chi connectivity index (χ0n) is 19.3. The van der Waals surface area contributed by atoms with E-state index in [1.165, 1.54) is 11.0 Å². The lowest BCUT2D eigenvalue weighted by molar-refractivity contribution is 0.101. The maximum Gasteiger partial charge on any atom is 0.410 e. The van der Waals surface area contributed by atoms with Gasteiger partial charge in [-0.2, -0.15) is 0 Å². The standard InChI is InChI=1S/C27H25BrFN3O3S/c28-22-11-12-24(29)23(13-22)27(31-25(36)30-14-19-7-3-1-4-8-19)18-32(15-21(27)16-33)26(34)35-17-20-9-5-2-6-10-20/h1-14,21,33H,15-18H2,(H,31,36). The lowest BCUT2D eigenvalue weighted by Crippen LogP contribution is -2.52. The van der Waals surface area contributed by atoms with E-state index >= 15 is 4.39 Å². The van der Waals surface area contributed by atoms with Crippen LogP contribution in [0.15, 0.2) is 88.3 Å². The Morgan fingerprint density at radius 2 is 1.89 bits per heavy atom. The van der Waals surface area contributed by atoms with Crippen molar-refractivity contribution in [3.63, 3.8) is 0 Å². The number of benzene rings is 3. The molecular formula is C27H25BrFN3O3S. The molecular weight excluding hydrogens is 545 g/mol. The van der Waals surface area contributed by atoms with E-state index in [4.69, 9.17) is 17.0 Å². The van der Waals surface area contributed by atoms with Crippen LogP contribution in [0.3, 0.4) is 0 Å². The summed E-state index contributed by atoms with van der Waals surface area (Å²) in [6, 6.07) is 23.3. The molecule has 1 saturated heterocycles. The Hall–Kier alpha value is -3.14. The van der Waals surface area contributed by atoms with Crippen LogP contribution in [-0.2, 0) is 16.9 Å². The van der Waals surface area contributed by atoms with E-state index in [-0.39, 0.29) is 37.0 Å². The fourth-order valence-electron chi connectivity index (χ4n) is 4.33. The molecule has 1 amide bonds. The number of aliphatic hydroxyl groups is 1. The van der Waals surface area contributed by atoms with Crippen molar-refractivity contribution in [2.45, 2.75) is 12.1 Å². The Labute approximate surface area is 222 Å². The first kappa shape index (κ1) is 25.9. The number of thiocarbonyl (C=S) groups is 1. The van der Waals surface area contributed by atoms with Gasteiger partial charge in [-0.3, -0.25) is 0 Å². The van der Waals surface area contributed by atoms with Gasteiger partial charge >= 0.3 is 6.09 Å². The molecule has 0 saturated carbocycles. The highest BCUT2D eigenvalue weighted by atomic mass is 79.9. The zero-order valence-corrected chi connectivity index (χ0v) is 21.7. The van der Waals surface area contributed by atoms with E-state index in [9.17, 15) is 9.90 Å². The fraction of sp³-hybridized carbons (Fsp3) is 0.222. The second-order valence-electron chi connectivity index (χ2n) is 8.49. The molecule has 1 heterocycles. The van der Waals surface area contributed by atoms with Gasteiger partial charge in [-0.15, -0.1) is 0 Å². The second-order valence-corrected chi connectivity index (χ2v) is 9.80. The number of hydrogen-bond acceptors (Lipinski definition) is 4. The predicted octanol–water partition coefficient (Wildman–Crippen LogP) is 5.04. The molecule has 2 unspecified atom stereocenters. The van der Waals surface area contributed by atoms with E-state index in [0.29, 0.717) is 4.47 Å². The van der Waals surface area contributed by atoms with Crippen molar-refractivity contribution < 1.29 is 19.0 Å². The van der Waals surface area contributed by atoms with E-state index in [1.807, 2.05) is 60.7 Å². The summed E-state index contributed by atoms with van der Waals surface area (Å²) in [6.07, 6.45) is 1.05. The van der Waals surface area contributed by atoms with Crippen LogP contribution in [0.4, 0.5) is 9.18 Å². The van der Waals surface area contributed by atoms with Crippen molar-refractivity contribution in [2.75, 3.05) is 19.7 Å². The van der Waals surface area contributed by atoms with Crippen molar-refractivity contribution in [3.05, 3.63) is 106 Å². The van der Waals surface area contributed by atoms with E-state index < -0.39 is 23.4 Å². The van der Waals surface area contributed by atoms with Gasteiger partial charge in [0.2, 0.25) is 0 Å². The van der Waals surface area contributed by atoms with Gasteiger partial charge in [-0.1, -0.05) is 76.6 Å². The molecule has 1 fully saturated rings. The molecule has 4 rings (SSSR count). The smallest absolute Gasteiger partial charge is 0.410 e. The third kappa shape index (κ3) is 5.98. The molecule has 3 aromatic rings. The van der Waals surface area contributed by atoms with Crippen molar-refractivity contribution in [1.29, 1.82) is 0 Å². The number of rotatable bonds is 6. The fourth-order valence-corrected chi connectivity index (χ4v) is 4.92. The predicted molar refractivity (Wildman–Crippen MR) is 144 cm³/mol. The Morgan fingerprint density at radius 3 is 2.58 bits per heavy atom. The van der Waals surface area contributed by atoms with Crippen LogP contribution in [-0.4, -0.2) is 47.1 Å². The highest BCUT2D eigenvalue weighted by Gasteiger charge is 2.51. The number of aliphatic hydroxyl groups excluding tert-OH is 1. The van der Waals surface area contributed by atoms with E-state index in [2.05, 4.69) is 26.2 Å². The topological polar surface area (TPSA) is 74.2 Å². The largest absolute Gasteiger partial charge is 0.445 e. The first-order chi connectivity index (χ1) is 17.4. The average Bonchev–Trinajstić information content (AvgIpc) is 3.28. The minimum absolute atomic E-state index is 0.0280. The van der Waals surface area contributed by atoms with Crippen LogP contribution in [0.2, 0.25) is 0 Å². The van der Waals surface area contributed by atoms with Crippen LogP contribution >= 0.6 is 28.1 Å². The minimum Gasteiger partial charge on any atom is -0.445 e. The number of nitrogens with zero attached hydrogens (tertiary/aromatic N) is 2. The van der Waals surface area contributed by atoms with Crippen LogP contribution in [0, 0.1) is 11.7 Å². The summed E-state index contributed by atoms with van der Waals surface area (Å²) >= 11 is 8.91. The number of nitrogens with one attached hydrogen (secondary N) is 1. The highest BCUT2D eigenvalue weighted by Crippen LogP contribution is 2.40. The van der Waals surface area contributed by atoms with Crippen molar-refractivity contribution >= 4 is 45.6 Å². The van der Waals surface area contributed by atoms with Gasteiger partial charge in [0.15, 0.2) is 5.11 Å². The van der Waals surface area contributed by atoms with Crippen LogP contribution in [0.1, 0.15) is 16.7 Å². The van der Waals surface area contributed by atoms with Gasteiger partial charge < -0.3 is 20.1 Å². The summed E-state index contributed by atoms with van der Waals surface area (Å²) in [5, 5.41) is 13.6. The Kier molecular flexibility index (Phi) is 8.45. The SMILES string of the molecule is O=C(OCc1ccccc1)N1CC(CO)C(NC(=S)N=Cc2ccccc2)(c2cc(Br)ccc2F)C1. The van der Waals surface area contributed by atoms with Gasteiger partial charge in [0.1, 0.15) is 12.4 Å². The van der Waals surface area contributed by atoms with Crippen LogP contribution in [0.25, 0.3) is 0 Å². The molecule has 186 valence electrons. The molecule has 0 bridgehead atoms. The lowest BCUT2D eigenvalue weighted by atomic mass is 9.80. The molecule has 0 aliphatic carbocycles. The van der Waals surface area contributed by atoms with Gasteiger partial charge in [0.25, 0.3) is 0 Å². The Bertz CT molecular complexity index is 1250. The number of carbonyl (C=O) groups is 1. The third-order valence-electron chi connectivity index (χ3n) is 6.13. The average molecular weight is 570 g/mol. The molecule has 3 aromatic carbocycles. The number of likely N-dealkylation sites (tertiary alicyclic amines) is 1. The molecule has 1 aliphatic rings. The van der Waals surface area contributed by atoms with Gasteiger partial charge in [0.05, 0.1) is 18.7 Å². The van der Waals surface area contributed by atoms with Gasteiger partial charge in [-0.05, 0) is 41.5 Å². The van der Waals surface area contributed by atoms with Crippen molar-refractivity contribution in [2.24, 2.45) is 10.9 Å². The van der Waals surface area contributed by atoms with E-state index in [0.717, 1.165) is 11.1 Å². The monoisotopic (exact) mass is 569 g/mol. The molecule has 6 nitrogen and oxygen atoms in total. The maximum absolute atomic E-state index is 15.2.